The van der Waals surface area contributed by atoms with Crippen molar-refractivity contribution in [1.29, 1.82) is 0 Å². The molecule has 0 heterocycles. The fourth-order valence-electron chi connectivity index (χ4n) is 10.2. The number of rotatable bonds is 66. The molecule has 17 nitrogen and oxygen atoms in total. The smallest absolute Gasteiger partial charge is 0.462 e. The van der Waals surface area contributed by atoms with Gasteiger partial charge in [0, 0.05) is 25.7 Å². The van der Waals surface area contributed by atoms with Gasteiger partial charge in [-0.3, -0.25) is 37.3 Å². The van der Waals surface area contributed by atoms with E-state index in [-0.39, 0.29) is 25.7 Å². The van der Waals surface area contributed by atoms with Crippen LogP contribution in [-0.4, -0.2) is 96.7 Å². The topological polar surface area (TPSA) is 237 Å². The lowest BCUT2D eigenvalue weighted by Gasteiger charge is -2.21. The third kappa shape index (κ3) is 60.3. The molecule has 0 bridgehead atoms. The van der Waals surface area contributed by atoms with Gasteiger partial charge in [-0.05, 0) is 49.4 Å². The molecule has 0 aliphatic heterocycles. The number of ether oxygens (including phenoxy) is 4. The third-order valence-electron chi connectivity index (χ3n) is 16.5. The first-order chi connectivity index (χ1) is 42.2. The monoisotopic (exact) mass is 1300 g/mol. The molecule has 0 aliphatic carbocycles. The number of esters is 4. The van der Waals surface area contributed by atoms with E-state index in [9.17, 15) is 43.2 Å². The molecule has 522 valence electrons. The summed E-state index contributed by atoms with van der Waals surface area (Å²) in [5, 5.41) is 10.6. The molecule has 7 atom stereocenters. The molecule has 88 heavy (non-hydrogen) atoms. The zero-order valence-corrected chi connectivity index (χ0v) is 59.1. The Labute approximate surface area is 537 Å². The van der Waals surface area contributed by atoms with Crippen LogP contribution in [0, 0.1) is 23.7 Å². The second kappa shape index (κ2) is 58.8. The van der Waals surface area contributed by atoms with Gasteiger partial charge in [0.2, 0.25) is 0 Å². The van der Waals surface area contributed by atoms with Gasteiger partial charge >= 0.3 is 39.5 Å². The van der Waals surface area contributed by atoms with Gasteiger partial charge in [-0.2, -0.15) is 0 Å². The molecule has 0 radical (unpaired) electrons. The molecule has 0 rings (SSSR count). The lowest BCUT2D eigenvalue weighted by Crippen LogP contribution is -2.30. The molecular formula is C69H134O17P2. The number of unbranched alkanes of at least 4 members (excludes halogenated alkanes) is 30. The molecular weight excluding hydrogens is 1160 g/mol. The first kappa shape index (κ1) is 86.1. The Morgan fingerprint density at radius 3 is 0.807 bits per heavy atom. The fraction of sp³-hybridized carbons (Fsp3) is 0.942. The van der Waals surface area contributed by atoms with E-state index in [1.807, 2.05) is 0 Å². The first-order valence-electron chi connectivity index (χ1n) is 35.8. The summed E-state index contributed by atoms with van der Waals surface area (Å²) < 4.78 is 68.2. The van der Waals surface area contributed by atoms with Gasteiger partial charge < -0.3 is 33.8 Å². The predicted molar refractivity (Wildman–Crippen MR) is 354 cm³/mol. The first-order valence-corrected chi connectivity index (χ1v) is 38.8. The molecule has 3 N–H and O–H groups in total. The molecule has 0 aliphatic rings. The zero-order chi connectivity index (χ0) is 65.4. The van der Waals surface area contributed by atoms with Crippen molar-refractivity contribution in [3.05, 3.63) is 0 Å². The highest BCUT2D eigenvalue weighted by Crippen LogP contribution is 2.45. The summed E-state index contributed by atoms with van der Waals surface area (Å²) in [7, 11) is -9.90. The number of carbonyl (C=O) groups excluding carboxylic acids is 4. The minimum atomic E-state index is -4.95. The van der Waals surface area contributed by atoms with Gasteiger partial charge in [0.25, 0.3) is 0 Å². The molecule has 0 saturated heterocycles. The van der Waals surface area contributed by atoms with Gasteiger partial charge in [0.05, 0.1) is 26.4 Å². The minimum absolute atomic E-state index is 0.102. The van der Waals surface area contributed by atoms with Crippen LogP contribution < -0.4 is 0 Å². The second-order valence-corrected chi connectivity index (χ2v) is 29.3. The number of aliphatic hydroxyl groups excluding tert-OH is 1. The highest BCUT2D eigenvalue weighted by Gasteiger charge is 2.30. The maximum absolute atomic E-state index is 13.0. The van der Waals surface area contributed by atoms with Crippen LogP contribution in [0.15, 0.2) is 0 Å². The van der Waals surface area contributed by atoms with E-state index >= 15 is 0 Å². The average Bonchev–Trinajstić information content (AvgIpc) is 3.62. The summed E-state index contributed by atoms with van der Waals surface area (Å²) in [6.45, 7) is 14.0. The molecule has 0 amide bonds. The minimum Gasteiger partial charge on any atom is -0.462 e. The number of phosphoric acid groups is 2. The average molecular weight is 1300 g/mol. The van der Waals surface area contributed by atoms with Crippen LogP contribution in [0.5, 0.6) is 0 Å². The van der Waals surface area contributed by atoms with E-state index in [0.29, 0.717) is 25.7 Å². The molecule has 0 aromatic rings. The highest BCUT2D eigenvalue weighted by atomic mass is 31.2. The van der Waals surface area contributed by atoms with Crippen molar-refractivity contribution in [3.63, 3.8) is 0 Å². The Kier molecular flexibility index (Phi) is 57.6. The normalized spacial score (nSPS) is 14.9. The zero-order valence-electron chi connectivity index (χ0n) is 57.3. The largest absolute Gasteiger partial charge is 0.472 e. The van der Waals surface area contributed by atoms with Crippen molar-refractivity contribution in [2.75, 3.05) is 39.6 Å². The van der Waals surface area contributed by atoms with Crippen LogP contribution in [0.2, 0.25) is 0 Å². The lowest BCUT2D eigenvalue weighted by molar-refractivity contribution is -0.161. The number of hydrogen-bond donors (Lipinski definition) is 3. The Morgan fingerprint density at radius 1 is 0.318 bits per heavy atom. The summed E-state index contributed by atoms with van der Waals surface area (Å²) in [5.74, 6) is 0.829. The van der Waals surface area contributed by atoms with Gasteiger partial charge in [-0.15, -0.1) is 0 Å². The number of carbonyl (C=O) groups is 4. The summed E-state index contributed by atoms with van der Waals surface area (Å²) in [6, 6.07) is 0. The summed E-state index contributed by atoms with van der Waals surface area (Å²) >= 11 is 0. The van der Waals surface area contributed by atoms with E-state index in [1.165, 1.54) is 141 Å². The van der Waals surface area contributed by atoms with Crippen LogP contribution in [0.25, 0.3) is 0 Å². The van der Waals surface area contributed by atoms with E-state index in [4.69, 9.17) is 37.0 Å². The van der Waals surface area contributed by atoms with E-state index in [1.54, 1.807) is 0 Å². The third-order valence-corrected chi connectivity index (χ3v) is 18.4. The Balaban J connectivity index is 5.21. The van der Waals surface area contributed by atoms with Crippen molar-refractivity contribution in [3.8, 4) is 0 Å². The molecule has 0 aromatic heterocycles. The number of aliphatic hydroxyl groups is 1. The molecule has 5 unspecified atom stereocenters. The van der Waals surface area contributed by atoms with Crippen molar-refractivity contribution in [2.45, 2.75) is 356 Å². The molecule has 0 fully saturated rings. The molecule has 0 aromatic carbocycles. The van der Waals surface area contributed by atoms with E-state index < -0.39 is 97.5 Å². The van der Waals surface area contributed by atoms with Crippen LogP contribution in [0.3, 0.4) is 0 Å². The maximum atomic E-state index is 13.0. The summed E-state index contributed by atoms with van der Waals surface area (Å²) in [4.78, 5) is 72.4. The second-order valence-electron chi connectivity index (χ2n) is 26.4. The van der Waals surface area contributed by atoms with E-state index in [0.717, 1.165) is 114 Å². The number of phosphoric ester groups is 2. The van der Waals surface area contributed by atoms with Crippen LogP contribution in [0.1, 0.15) is 338 Å². The summed E-state index contributed by atoms with van der Waals surface area (Å²) in [5.41, 5.74) is 0. The molecule has 0 spiro atoms. The predicted octanol–water partition coefficient (Wildman–Crippen LogP) is 19.3. The van der Waals surface area contributed by atoms with Crippen molar-refractivity contribution in [2.24, 2.45) is 23.7 Å². The fourth-order valence-corrected chi connectivity index (χ4v) is 11.8. The Hall–Kier alpha value is -1.94. The van der Waals surface area contributed by atoms with Gasteiger partial charge in [0.1, 0.15) is 19.3 Å². The van der Waals surface area contributed by atoms with Gasteiger partial charge in [-0.1, -0.05) is 287 Å². The van der Waals surface area contributed by atoms with Crippen molar-refractivity contribution in [1.82, 2.24) is 0 Å². The van der Waals surface area contributed by atoms with Crippen LogP contribution in [-0.2, 0) is 65.4 Å². The van der Waals surface area contributed by atoms with Gasteiger partial charge in [-0.25, -0.2) is 9.13 Å². The lowest BCUT2D eigenvalue weighted by atomic mass is 10.00. The van der Waals surface area contributed by atoms with Crippen molar-refractivity contribution >= 4 is 39.5 Å². The standard InChI is InChI=1S/C69H134O17P2/c1-9-61(7)47-39-31-25-27-35-43-51-68(73)85-64(55-79-66(71)49-41-33-23-18-16-14-12-11-13-15-17-21-29-37-45-59(3)4)57-83-87(75,76)81-53-63(70)54-82-88(77,78)84-58-65(86-69(74)52-44-36-28-26-32-40-48-62(8)10-2)56-80-67(72)50-42-34-24-20-19-22-30-38-46-60(5)6/h59-65,70H,9-58H2,1-8H3,(H,75,76)(H,77,78)/t61?,62?,63?,64-,65-/m1/s1. The maximum Gasteiger partial charge on any atom is 0.472 e. The van der Waals surface area contributed by atoms with Crippen molar-refractivity contribution < 1.29 is 80.2 Å². The van der Waals surface area contributed by atoms with Gasteiger partial charge in [0.15, 0.2) is 12.2 Å². The number of hydrogen-bond acceptors (Lipinski definition) is 15. The SMILES string of the molecule is CCC(C)CCCCCCCCC(=O)O[C@H](COC(=O)CCCCCCCCCCCCCCCCC(C)C)COP(=O)(O)OCC(O)COP(=O)(O)OC[C@@H](COC(=O)CCCCCCCCCCC(C)C)OC(=O)CCCCCCCCC(C)CC. The summed E-state index contributed by atoms with van der Waals surface area (Å²) in [6.07, 6.45) is 40.5. The van der Waals surface area contributed by atoms with Crippen LogP contribution >= 0.6 is 15.6 Å². The molecule has 0 saturated carbocycles. The van der Waals surface area contributed by atoms with Crippen LogP contribution in [0.4, 0.5) is 0 Å². The Bertz CT molecular complexity index is 1750. The Morgan fingerprint density at radius 2 is 0.545 bits per heavy atom. The highest BCUT2D eigenvalue weighted by molar-refractivity contribution is 7.47. The molecule has 19 heteroatoms. The quantitative estimate of drug-likeness (QED) is 0.0222. The van der Waals surface area contributed by atoms with E-state index in [2.05, 4.69) is 55.4 Å².